The lowest BCUT2D eigenvalue weighted by Crippen LogP contribution is -2.50. The quantitative estimate of drug-likeness (QED) is 0.724. The number of amides is 2. The minimum absolute atomic E-state index is 0.115. The summed E-state index contributed by atoms with van der Waals surface area (Å²) in [6.45, 7) is 3.21. The molecule has 1 fully saturated rings. The van der Waals surface area contributed by atoms with Gasteiger partial charge in [-0.2, -0.15) is 0 Å². The summed E-state index contributed by atoms with van der Waals surface area (Å²) in [6.07, 6.45) is 0. The molecule has 0 aliphatic carbocycles. The predicted octanol–water partition coefficient (Wildman–Crippen LogP) is 1.36. The van der Waals surface area contributed by atoms with Gasteiger partial charge in [-0.25, -0.2) is 4.79 Å². The highest BCUT2D eigenvalue weighted by molar-refractivity contribution is 7.78. The molecule has 2 rings (SSSR count). The smallest absolute Gasteiger partial charge is 0.327 e. The highest BCUT2D eigenvalue weighted by Crippen LogP contribution is 2.15. The van der Waals surface area contributed by atoms with Crippen molar-refractivity contribution in [1.82, 2.24) is 9.62 Å². The van der Waals surface area contributed by atoms with Crippen LogP contribution in [0.1, 0.15) is 0 Å². The van der Waals surface area contributed by atoms with Gasteiger partial charge in [-0.15, -0.1) is 0 Å². The van der Waals surface area contributed by atoms with Crippen LogP contribution in [0.15, 0.2) is 30.3 Å². The molecule has 1 N–H and O–H groups in total. The second-order valence-corrected chi connectivity index (χ2v) is 3.95. The lowest BCUT2D eigenvalue weighted by molar-refractivity contribution is 0.201. The molecule has 0 spiro atoms. The van der Waals surface area contributed by atoms with Gasteiger partial charge in [-0.3, -0.25) is 4.72 Å². The van der Waals surface area contributed by atoms with Crippen LogP contribution in [-0.4, -0.2) is 37.1 Å². The number of nitrogens with zero attached hydrogens (tertiary/aromatic N) is 2. The minimum Gasteiger partial charge on any atom is -0.368 e. The molecule has 5 heteroatoms. The average molecular weight is 237 g/mol. The van der Waals surface area contributed by atoms with Gasteiger partial charge in [0.05, 0.1) is 0 Å². The van der Waals surface area contributed by atoms with Gasteiger partial charge in [0.1, 0.15) is 0 Å². The Morgan fingerprint density at radius 3 is 2.31 bits per heavy atom. The summed E-state index contributed by atoms with van der Waals surface area (Å²) in [6, 6.07) is 10.1. The molecular weight excluding hydrogens is 222 g/mol. The van der Waals surface area contributed by atoms with E-state index in [1.165, 1.54) is 5.69 Å². The highest BCUT2D eigenvalue weighted by Gasteiger charge is 2.20. The van der Waals surface area contributed by atoms with Gasteiger partial charge in [0.2, 0.25) is 0 Å². The third-order valence-electron chi connectivity index (χ3n) is 2.78. The number of anilines is 1. The van der Waals surface area contributed by atoms with Gasteiger partial charge in [-0.05, 0) is 12.1 Å². The molecule has 0 saturated carbocycles. The van der Waals surface area contributed by atoms with Crippen LogP contribution in [0.4, 0.5) is 10.5 Å². The SMILES string of the molecule is O=C(NS)N1CCN(c2ccccc2)CC1. The van der Waals surface area contributed by atoms with E-state index in [2.05, 4.69) is 34.6 Å². The molecule has 86 valence electrons. The number of urea groups is 1. The molecule has 0 bridgehead atoms. The third kappa shape index (κ3) is 2.41. The molecule has 0 aromatic heterocycles. The van der Waals surface area contributed by atoms with E-state index in [1.807, 2.05) is 18.2 Å². The van der Waals surface area contributed by atoms with Crippen molar-refractivity contribution in [2.24, 2.45) is 0 Å². The summed E-state index contributed by atoms with van der Waals surface area (Å²) in [5, 5.41) is 0. The van der Waals surface area contributed by atoms with Crippen molar-refractivity contribution in [2.75, 3.05) is 31.1 Å². The van der Waals surface area contributed by atoms with Crippen LogP contribution in [0.3, 0.4) is 0 Å². The van der Waals surface area contributed by atoms with Crippen LogP contribution in [0.25, 0.3) is 0 Å². The number of benzene rings is 1. The number of rotatable bonds is 1. The maximum absolute atomic E-state index is 11.3. The summed E-state index contributed by atoms with van der Waals surface area (Å²) in [5.41, 5.74) is 1.22. The Bertz CT molecular complexity index is 350. The largest absolute Gasteiger partial charge is 0.368 e. The Labute approximate surface area is 101 Å². The Morgan fingerprint density at radius 2 is 1.75 bits per heavy atom. The zero-order valence-corrected chi connectivity index (χ0v) is 9.86. The van der Waals surface area contributed by atoms with E-state index in [1.54, 1.807) is 4.90 Å². The predicted molar refractivity (Wildman–Crippen MR) is 67.7 cm³/mol. The van der Waals surface area contributed by atoms with Gasteiger partial charge in [0.15, 0.2) is 0 Å². The summed E-state index contributed by atoms with van der Waals surface area (Å²) in [5.74, 6) is 0. The first-order chi connectivity index (χ1) is 7.81. The van der Waals surface area contributed by atoms with E-state index >= 15 is 0 Å². The maximum Gasteiger partial charge on any atom is 0.327 e. The number of carbonyl (C=O) groups is 1. The number of thiol groups is 1. The topological polar surface area (TPSA) is 35.6 Å². The summed E-state index contributed by atoms with van der Waals surface area (Å²) < 4.78 is 2.35. The van der Waals surface area contributed by atoms with Gasteiger partial charge < -0.3 is 9.80 Å². The third-order valence-corrected chi connectivity index (χ3v) is 2.98. The zero-order chi connectivity index (χ0) is 11.4. The van der Waals surface area contributed by atoms with Gasteiger partial charge in [0.25, 0.3) is 0 Å². The Hall–Kier alpha value is -1.36. The average Bonchev–Trinajstić information content (AvgIpc) is 2.39. The number of para-hydroxylation sites is 1. The summed E-state index contributed by atoms with van der Waals surface area (Å²) >= 11 is 3.76. The fourth-order valence-corrected chi connectivity index (χ4v) is 2.02. The van der Waals surface area contributed by atoms with Crippen molar-refractivity contribution in [3.63, 3.8) is 0 Å². The van der Waals surface area contributed by atoms with Gasteiger partial charge in [0, 0.05) is 31.9 Å². The molecule has 1 aliphatic heterocycles. The highest BCUT2D eigenvalue weighted by atomic mass is 32.1. The molecule has 1 heterocycles. The van der Waals surface area contributed by atoms with Crippen LogP contribution in [0, 0.1) is 0 Å². The first-order valence-electron chi connectivity index (χ1n) is 5.30. The monoisotopic (exact) mass is 237 g/mol. The number of hydrogen-bond acceptors (Lipinski definition) is 3. The standard InChI is InChI=1S/C11H15N3OS/c15-11(12-16)14-8-6-13(7-9-14)10-4-2-1-3-5-10/h1-5,16H,6-9H2,(H,12,15). The lowest BCUT2D eigenvalue weighted by atomic mass is 10.2. The lowest BCUT2D eigenvalue weighted by Gasteiger charge is -2.35. The molecule has 1 aliphatic rings. The van der Waals surface area contributed by atoms with Crippen LogP contribution in [-0.2, 0) is 0 Å². The summed E-state index contributed by atoms with van der Waals surface area (Å²) in [7, 11) is 0. The molecule has 0 atom stereocenters. The maximum atomic E-state index is 11.3. The van der Waals surface area contributed by atoms with E-state index in [0.717, 1.165) is 26.2 Å². The number of piperazine rings is 1. The molecule has 0 radical (unpaired) electrons. The van der Waals surface area contributed by atoms with Gasteiger partial charge >= 0.3 is 6.03 Å². The van der Waals surface area contributed by atoms with Crippen LogP contribution >= 0.6 is 12.8 Å². The molecule has 1 aromatic rings. The fourth-order valence-electron chi connectivity index (χ4n) is 1.88. The number of hydrogen-bond donors (Lipinski definition) is 2. The Kier molecular flexibility index (Phi) is 3.56. The molecule has 0 unspecified atom stereocenters. The van der Waals surface area contributed by atoms with Crippen molar-refractivity contribution < 1.29 is 4.79 Å². The Morgan fingerprint density at radius 1 is 1.12 bits per heavy atom. The fraction of sp³-hybridized carbons (Fsp3) is 0.364. The molecule has 16 heavy (non-hydrogen) atoms. The van der Waals surface area contributed by atoms with Crippen molar-refractivity contribution in [3.8, 4) is 0 Å². The van der Waals surface area contributed by atoms with E-state index < -0.39 is 0 Å². The normalized spacial score (nSPS) is 16.1. The molecular formula is C11H15N3OS. The van der Waals surface area contributed by atoms with Crippen LogP contribution in [0.2, 0.25) is 0 Å². The van der Waals surface area contributed by atoms with Crippen LogP contribution in [0.5, 0.6) is 0 Å². The van der Waals surface area contributed by atoms with Crippen molar-refractivity contribution in [2.45, 2.75) is 0 Å². The van der Waals surface area contributed by atoms with E-state index in [-0.39, 0.29) is 6.03 Å². The summed E-state index contributed by atoms with van der Waals surface area (Å²) in [4.78, 5) is 15.4. The second kappa shape index (κ2) is 5.12. The van der Waals surface area contributed by atoms with Crippen molar-refractivity contribution in [1.29, 1.82) is 0 Å². The number of carbonyl (C=O) groups excluding carboxylic acids is 1. The second-order valence-electron chi connectivity index (χ2n) is 3.73. The molecule has 1 saturated heterocycles. The van der Waals surface area contributed by atoms with Crippen molar-refractivity contribution in [3.05, 3.63) is 30.3 Å². The molecule has 4 nitrogen and oxygen atoms in total. The van der Waals surface area contributed by atoms with Gasteiger partial charge in [-0.1, -0.05) is 31.0 Å². The van der Waals surface area contributed by atoms with E-state index in [4.69, 9.17) is 0 Å². The number of nitrogens with one attached hydrogen (secondary N) is 1. The van der Waals surface area contributed by atoms with Crippen molar-refractivity contribution >= 4 is 24.5 Å². The van der Waals surface area contributed by atoms with E-state index in [0.29, 0.717) is 0 Å². The Balaban J connectivity index is 1.93. The first-order valence-corrected chi connectivity index (χ1v) is 5.75. The zero-order valence-electron chi connectivity index (χ0n) is 8.97. The van der Waals surface area contributed by atoms with E-state index in [9.17, 15) is 4.79 Å². The first kappa shape index (κ1) is 11.1. The minimum atomic E-state index is -0.115. The van der Waals surface area contributed by atoms with Crippen LogP contribution < -0.4 is 9.62 Å². The molecule has 2 amide bonds. The molecule has 1 aromatic carbocycles.